The van der Waals surface area contributed by atoms with Gasteiger partial charge in [0.2, 0.25) is 5.91 Å². The van der Waals surface area contributed by atoms with E-state index in [2.05, 4.69) is 31.3 Å². The third kappa shape index (κ3) is 42.3. The minimum Gasteiger partial charge on any atom is -0.394 e. The van der Waals surface area contributed by atoms with Gasteiger partial charge in [0.25, 0.3) is 0 Å². The van der Waals surface area contributed by atoms with Crippen molar-refractivity contribution in [2.24, 2.45) is 0 Å². The molecule has 0 aliphatic rings. The molecule has 4 heteroatoms. The summed E-state index contributed by atoms with van der Waals surface area (Å²) in [4.78, 5) is 12.4. The number of nitrogens with one attached hydrogen (secondary N) is 1. The maximum Gasteiger partial charge on any atom is 0.220 e. The molecule has 0 aliphatic carbocycles. The van der Waals surface area contributed by atoms with Gasteiger partial charge in [0.1, 0.15) is 0 Å². The Kier molecular flexibility index (Phi) is 45.8. The number of hydrogen-bond acceptors (Lipinski definition) is 3. The molecule has 54 heavy (non-hydrogen) atoms. The topological polar surface area (TPSA) is 69.6 Å². The number of amides is 1. The van der Waals surface area contributed by atoms with Crippen LogP contribution in [0.15, 0.2) is 12.2 Å². The van der Waals surface area contributed by atoms with Crippen molar-refractivity contribution < 1.29 is 15.0 Å². The highest BCUT2D eigenvalue weighted by Crippen LogP contribution is 2.17. The Morgan fingerprint density at radius 1 is 0.426 bits per heavy atom. The van der Waals surface area contributed by atoms with Crippen LogP contribution in [-0.2, 0) is 4.79 Å². The molecule has 4 nitrogen and oxygen atoms in total. The Bertz CT molecular complexity index is 739. The Hall–Kier alpha value is -0.870. The second kappa shape index (κ2) is 46.5. The largest absolute Gasteiger partial charge is 0.394 e. The number of carbonyl (C=O) groups is 1. The van der Waals surface area contributed by atoms with E-state index in [1.165, 1.54) is 231 Å². The number of aliphatic hydroxyl groups excluding tert-OH is 2. The smallest absolute Gasteiger partial charge is 0.220 e. The second-order valence-corrected chi connectivity index (χ2v) is 17.2. The molecular formula is C50H99NO3. The molecule has 0 saturated carbocycles. The molecule has 0 bridgehead atoms. The van der Waals surface area contributed by atoms with E-state index >= 15 is 0 Å². The van der Waals surface area contributed by atoms with Crippen LogP contribution in [0.4, 0.5) is 0 Å². The first-order chi connectivity index (χ1) is 26.7. The third-order valence-electron chi connectivity index (χ3n) is 11.8. The maximum absolute atomic E-state index is 12.4. The van der Waals surface area contributed by atoms with Crippen molar-refractivity contribution in [1.82, 2.24) is 5.32 Å². The summed E-state index contributed by atoms with van der Waals surface area (Å²) in [6.07, 6.45) is 58.8. The fraction of sp³-hybridized carbons (Fsp3) is 0.940. The summed E-state index contributed by atoms with van der Waals surface area (Å²) in [5, 5.41) is 23.3. The van der Waals surface area contributed by atoms with E-state index in [0.717, 1.165) is 25.7 Å². The molecule has 0 heterocycles. The van der Waals surface area contributed by atoms with Crippen molar-refractivity contribution in [3.05, 3.63) is 12.2 Å². The zero-order chi connectivity index (χ0) is 39.3. The van der Waals surface area contributed by atoms with Crippen LogP contribution >= 0.6 is 0 Å². The lowest BCUT2D eigenvalue weighted by molar-refractivity contribution is -0.123. The molecule has 0 rings (SSSR count). The quantitative estimate of drug-likeness (QED) is 0.0427. The highest BCUT2D eigenvalue weighted by atomic mass is 16.3. The molecule has 0 saturated heterocycles. The summed E-state index contributed by atoms with van der Waals surface area (Å²) in [6, 6.07) is -0.534. The van der Waals surface area contributed by atoms with Crippen LogP contribution < -0.4 is 5.32 Å². The van der Waals surface area contributed by atoms with Crippen LogP contribution in [0, 0.1) is 0 Å². The summed E-state index contributed by atoms with van der Waals surface area (Å²) < 4.78 is 0. The van der Waals surface area contributed by atoms with Gasteiger partial charge in [-0.05, 0) is 38.5 Å². The minimum absolute atomic E-state index is 0.0289. The van der Waals surface area contributed by atoms with E-state index in [9.17, 15) is 15.0 Å². The van der Waals surface area contributed by atoms with Crippen molar-refractivity contribution in [3.8, 4) is 0 Å². The summed E-state index contributed by atoms with van der Waals surface area (Å²) in [5.41, 5.74) is 0. The molecular weight excluding hydrogens is 663 g/mol. The van der Waals surface area contributed by atoms with E-state index in [1.54, 1.807) is 0 Å². The normalized spacial score (nSPS) is 12.9. The van der Waals surface area contributed by atoms with Gasteiger partial charge in [0.05, 0.1) is 18.8 Å². The number of unbranched alkanes of at least 4 members (excludes halogenated alkanes) is 37. The fourth-order valence-electron chi connectivity index (χ4n) is 7.95. The average molecular weight is 762 g/mol. The first-order valence-electron chi connectivity index (χ1n) is 24.9. The summed E-state index contributed by atoms with van der Waals surface area (Å²) in [7, 11) is 0. The molecule has 0 spiro atoms. The number of allylic oxidation sites excluding steroid dienone is 2. The number of hydrogen-bond donors (Lipinski definition) is 3. The molecule has 0 radical (unpaired) electrons. The van der Waals surface area contributed by atoms with Crippen molar-refractivity contribution in [2.75, 3.05) is 6.61 Å². The molecule has 1 amide bonds. The van der Waals surface area contributed by atoms with E-state index in [0.29, 0.717) is 12.8 Å². The van der Waals surface area contributed by atoms with Gasteiger partial charge in [-0.2, -0.15) is 0 Å². The molecule has 0 aliphatic heterocycles. The maximum atomic E-state index is 12.4. The highest BCUT2D eigenvalue weighted by molar-refractivity contribution is 5.76. The Balaban J connectivity index is 3.46. The van der Waals surface area contributed by atoms with Crippen molar-refractivity contribution in [1.29, 1.82) is 0 Å². The SMILES string of the molecule is CCCCCCCCCC/C=C\CCCCCCCCCCCC(=O)NC(CO)C(O)CCCCCCCCCCCCCCCCCCCCCCC. The van der Waals surface area contributed by atoms with Gasteiger partial charge in [0, 0.05) is 6.42 Å². The highest BCUT2D eigenvalue weighted by Gasteiger charge is 2.20. The van der Waals surface area contributed by atoms with Crippen LogP contribution in [0.2, 0.25) is 0 Å². The molecule has 3 N–H and O–H groups in total. The van der Waals surface area contributed by atoms with Gasteiger partial charge in [-0.1, -0.05) is 251 Å². The van der Waals surface area contributed by atoms with Crippen LogP contribution in [0.1, 0.15) is 284 Å². The summed E-state index contributed by atoms with van der Waals surface area (Å²) in [6.45, 7) is 4.39. The standard InChI is InChI=1S/C50H99NO3/c1-3-5-7-9-11-13-15-17-19-21-23-25-27-29-31-33-35-37-39-41-43-45-49(53)48(47-52)51-50(54)46-44-42-40-38-36-34-32-30-28-26-24-22-20-18-16-14-12-10-8-6-4-2/h22,24,48-49,52-53H,3-21,23,25-47H2,1-2H3,(H,51,54)/b24-22-. The predicted molar refractivity (Wildman–Crippen MR) is 239 cm³/mol. The predicted octanol–water partition coefficient (Wildman–Crippen LogP) is 15.8. The lowest BCUT2D eigenvalue weighted by Crippen LogP contribution is -2.45. The fourth-order valence-corrected chi connectivity index (χ4v) is 7.95. The third-order valence-corrected chi connectivity index (χ3v) is 11.8. The van der Waals surface area contributed by atoms with Crippen LogP contribution in [0.5, 0.6) is 0 Å². The van der Waals surface area contributed by atoms with Gasteiger partial charge in [-0.25, -0.2) is 0 Å². The van der Waals surface area contributed by atoms with Crippen LogP contribution in [-0.4, -0.2) is 34.9 Å². The molecule has 0 fully saturated rings. The van der Waals surface area contributed by atoms with Gasteiger partial charge >= 0.3 is 0 Å². The minimum atomic E-state index is -0.657. The second-order valence-electron chi connectivity index (χ2n) is 17.2. The van der Waals surface area contributed by atoms with Crippen molar-refractivity contribution >= 4 is 5.91 Å². The Morgan fingerprint density at radius 2 is 0.704 bits per heavy atom. The Morgan fingerprint density at radius 3 is 1.02 bits per heavy atom. The van der Waals surface area contributed by atoms with Crippen LogP contribution in [0.3, 0.4) is 0 Å². The zero-order valence-electron chi connectivity index (χ0n) is 37.0. The van der Waals surface area contributed by atoms with Gasteiger partial charge in [0.15, 0.2) is 0 Å². The van der Waals surface area contributed by atoms with E-state index < -0.39 is 12.1 Å². The van der Waals surface area contributed by atoms with Gasteiger partial charge in [-0.15, -0.1) is 0 Å². The number of carbonyl (C=O) groups excluding carboxylic acids is 1. The number of rotatable bonds is 46. The molecule has 2 unspecified atom stereocenters. The first kappa shape index (κ1) is 53.1. The lowest BCUT2D eigenvalue weighted by Gasteiger charge is -2.22. The van der Waals surface area contributed by atoms with Gasteiger partial charge in [-0.3, -0.25) is 4.79 Å². The summed E-state index contributed by atoms with van der Waals surface area (Å²) >= 11 is 0. The van der Waals surface area contributed by atoms with E-state index in [-0.39, 0.29) is 12.5 Å². The van der Waals surface area contributed by atoms with Gasteiger partial charge < -0.3 is 15.5 Å². The van der Waals surface area contributed by atoms with Crippen molar-refractivity contribution in [3.63, 3.8) is 0 Å². The van der Waals surface area contributed by atoms with Crippen molar-refractivity contribution in [2.45, 2.75) is 296 Å². The number of aliphatic hydroxyl groups is 2. The van der Waals surface area contributed by atoms with E-state index in [4.69, 9.17) is 0 Å². The molecule has 0 aromatic carbocycles. The lowest BCUT2D eigenvalue weighted by atomic mass is 10.0. The zero-order valence-corrected chi connectivity index (χ0v) is 37.0. The molecule has 2 atom stereocenters. The Labute approximate surface area is 339 Å². The summed E-state index contributed by atoms with van der Waals surface area (Å²) in [5.74, 6) is -0.0289. The monoisotopic (exact) mass is 762 g/mol. The molecule has 0 aromatic rings. The molecule has 322 valence electrons. The van der Waals surface area contributed by atoms with Crippen LogP contribution in [0.25, 0.3) is 0 Å². The molecule has 0 aromatic heterocycles. The average Bonchev–Trinajstić information content (AvgIpc) is 3.18. The first-order valence-corrected chi connectivity index (χ1v) is 24.9. The van der Waals surface area contributed by atoms with E-state index in [1.807, 2.05) is 0 Å².